The van der Waals surface area contributed by atoms with E-state index in [1.807, 2.05) is 0 Å². The summed E-state index contributed by atoms with van der Waals surface area (Å²) in [6, 6.07) is 3.02. The molecule has 2 N–H and O–H groups in total. The van der Waals surface area contributed by atoms with E-state index in [4.69, 9.17) is 0 Å². The van der Waals surface area contributed by atoms with Crippen molar-refractivity contribution in [2.24, 2.45) is 0 Å². The van der Waals surface area contributed by atoms with Crippen molar-refractivity contribution in [3.63, 3.8) is 0 Å². The molecule has 1 aromatic carbocycles. The standard InChI is InChI=1S/C10H12O2/c1-6(2)9-5-8(11)4-7(3)10(9)12/h4-5,11-12H,1H2,2-3H3. The number of allylic oxidation sites excluding steroid dienone is 1. The molecule has 0 heterocycles. The van der Waals surface area contributed by atoms with Crippen LogP contribution in [0.1, 0.15) is 18.1 Å². The van der Waals surface area contributed by atoms with E-state index in [1.54, 1.807) is 13.8 Å². The number of phenolic OH excluding ortho intramolecular Hbond substituents is 2. The van der Waals surface area contributed by atoms with Crippen LogP contribution in [0.3, 0.4) is 0 Å². The zero-order valence-corrected chi connectivity index (χ0v) is 7.26. The molecular formula is C10H12O2. The maximum atomic E-state index is 9.52. The van der Waals surface area contributed by atoms with Gasteiger partial charge in [-0.05, 0) is 37.1 Å². The molecule has 0 spiro atoms. The van der Waals surface area contributed by atoms with Crippen molar-refractivity contribution in [3.05, 3.63) is 29.8 Å². The van der Waals surface area contributed by atoms with Crippen LogP contribution in [-0.4, -0.2) is 10.2 Å². The molecule has 0 aromatic heterocycles. The monoisotopic (exact) mass is 164 g/mol. The van der Waals surface area contributed by atoms with Crippen molar-refractivity contribution in [1.82, 2.24) is 0 Å². The van der Waals surface area contributed by atoms with Crippen molar-refractivity contribution < 1.29 is 10.2 Å². The maximum Gasteiger partial charge on any atom is 0.126 e. The minimum absolute atomic E-state index is 0.156. The molecular weight excluding hydrogens is 152 g/mol. The summed E-state index contributed by atoms with van der Waals surface area (Å²) in [6.07, 6.45) is 0. The molecule has 0 radical (unpaired) electrons. The zero-order chi connectivity index (χ0) is 9.30. The van der Waals surface area contributed by atoms with E-state index >= 15 is 0 Å². The van der Waals surface area contributed by atoms with Crippen LogP contribution in [0.15, 0.2) is 18.7 Å². The van der Waals surface area contributed by atoms with Gasteiger partial charge in [-0.15, -0.1) is 0 Å². The van der Waals surface area contributed by atoms with Crippen molar-refractivity contribution in [3.8, 4) is 11.5 Å². The summed E-state index contributed by atoms with van der Waals surface area (Å²) in [6.45, 7) is 7.22. The third-order valence-electron chi connectivity index (χ3n) is 1.75. The summed E-state index contributed by atoms with van der Waals surface area (Å²) in [5.74, 6) is 0.351. The molecule has 0 amide bonds. The van der Waals surface area contributed by atoms with E-state index in [9.17, 15) is 10.2 Å². The molecule has 0 aliphatic heterocycles. The first kappa shape index (κ1) is 8.65. The van der Waals surface area contributed by atoms with E-state index < -0.39 is 0 Å². The molecule has 0 aliphatic carbocycles. The summed E-state index contributed by atoms with van der Waals surface area (Å²) in [5.41, 5.74) is 2.01. The first-order chi connectivity index (χ1) is 5.52. The van der Waals surface area contributed by atoms with Gasteiger partial charge in [0.2, 0.25) is 0 Å². The van der Waals surface area contributed by atoms with Gasteiger partial charge in [0.25, 0.3) is 0 Å². The Kier molecular flexibility index (Phi) is 2.09. The molecule has 1 rings (SSSR count). The highest BCUT2D eigenvalue weighted by molar-refractivity contribution is 5.69. The molecule has 0 fully saturated rings. The highest BCUT2D eigenvalue weighted by atomic mass is 16.3. The van der Waals surface area contributed by atoms with Crippen LogP contribution in [0.4, 0.5) is 0 Å². The van der Waals surface area contributed by atoms with E-state index in [1.165, 1.54) is 12.1 Å². The lowest BCUT2D eigenvalue weighted by molar-refractivity contribution is 0.455. The topological polar surface area (TPSA) is 40.5 Å². The molecule has 2 nitrogen and oxygen atoms in total. The van der Waals surface area contributed by atoms with Gasteiger partial charge in [0, 0.05) is 5.56 Å². The van der Waals surface area contributed by atoms with Gasteiger partial charge in [0.1, 0.15) is 11.5 Å². The number of aryl methyl sites for hydroxylation is 1. The molecule has 0 bridgehead atoms. The number of rotatable bonds is 1. The molecule has 0 saturated heterocycles. The highest BCUT2D eigenvalue weighted by Crippen LogP contribution is 2.31. The minimum Gasteiger partial charge on any atom is -0.508 e. The first-order valence-corrected chi connectivity index (χ1v) is 3.71. The van der Waals surface area contributed by atoms with Crippen LogP contribution >= 0.6 is 0 Å². The van der Waals surface area contributed by atoms with Gasteiger partial charge in [-0.2, -0.15) is 0 Å². The Balaban J connectivity index is 3.37. The second-order valence-electron chi connectivity index (χ2n) is 2.94. The summed E-state index contributed by atoms with van der Waals surface area (Å²) in [4.78, 5) is 0. The Morgan fingerprint density at radius 2 is 1.92 bits per heavy atom. The van der Waals surface area contributed by atoms with Gasteiger partial charge in [-0.1, -0.05) is 6.58 Å². The number of phenols is 2. The molecule has 0 aliphatic rings. The molecule has 64 valence electrons. The van der Waals surface area contributed by atoms with Crippen LogP contribution in [0.25, 0.3) is 5.57 Å². The second kappa shape index (κ2) is 2.89. The predicted octanol–water partition coefficient (Wildman–Crippen LogP) is 2.44. The van der Waals surface area contributed by atoms with Crippen molar-refractivity contribution >= 4 is 5.57 Å². The average Bonchev–Trinajstić information content (AvgIpc) is 1.96. The van der Waals surface area contributed by atoms with E-state index in [2.05, 4.69) is 6.58 Å². The lowest BCUT2D eigenvalue weighted by Gasteiger charge is -2.07. The van der Waals surface area contributed by atoms with Crippen LogP contribution < -0.4 is 0 Å². The minimum atomic E-state index is 0.156. The summed E-state index contributed by atoms with van der Waals surface area (Å²) in [5, 5.41) is 18.7. The molecule has 2 heteroatoms. The third-order valence-corrected chi connectivity index (χ3v) is 1.75. The largest absolute Gasteiger partial charge is 0.508 e. The van der Waals surface area contributed by atoms with Crippen LogP contribution in [-0.2, 0) is 0 Å². The normalized spacial score (nSPS) is 9.83. The lowest BCUT2D eigenvalue weighted by atomic mass is 10.0. The zero-order valence-electron chi connectivity index (χ0n) is 7.26. The molecule has 1 aromatic rings. The fraction of sp³-hybridized carbons (Fsp3) is 0.200. The van der Waals surface area contributed by atoms with Gasteiger partial charge in [0.15, 0.2) is 0 Å². The highest BCUT2D eigenvalue weighted by Gasteiger charge is 2.06. The third kappa shape index (κ3) is 1.42. The van der Waals surface area contributed by atoms with Crippen LogP contribution in [0.2, 0.25) is 0 Å². The molecule has 12 heavy (non-hydrogen) atoms. The van der Waals surface area contributed by atoms with E-state index in [0.717, 1.165) is 5.57 Å². The maximum absolute atomic E-state index is 9.52. The van der Waals surface area contributed by atoms with Gasteiger partial charge >= 0.3 is 0 Å². The Morgan fingerprint density at radius 1 is 1.33 bits per heavy atom. The quantitative estimate of drug-likeness (QED) is 0.626. The van der Waals surface area contributed by atoms with Crippen molar-refractivity contribution in [2.75, 3.05) is 0 Å². The number of hydrogen-bond donors (Lipinski definition) is 2. The Morgan fingerprint density at radius 3 is 2.42 bits per heavy atom. The van der Waals surface area contributed by atoms with E-state index in [0.29, 0.717) is 11.1 Å². The average molecular weight is 164 g/mol. The number of benzene rings is 1. The number of aromatic hydroxyl groups is 2. The first-order valence-electron chi connectivity index (χ1n) is 3.71. The summed E-state index contributed by atoms with van der Waals surface area (Å²) in [7, 11) is 0. The van der Waals surface area contributed by atoms with Gasteiger partial charge in [0.05, 0.1) is 0 Å². The summed E-state index contributed by atoms with van der Waals surface area (Å²) >= 11 is 0. The van der Waals surface area contributed by atoms with Gasteiger partial charge in [-0.25, -0.2) is 0 Å². The van der Waals surface area contributed by atoms with Gasteiger partial charge in [-0.3, -0.25) is 0 Å². The van der Waals surface area contributed by atoms with Gasteiger partial charge < -0.3 is 10.2 Å². The molecule has 0 atom stereocenters. The predicted molar refractivity (Wildman–Crippen MR) is 49.2 cm³/mol. The van der Waals surface area contributed by atoms with E-state index in [-0.39, 0.29) is 11.5 Å². The van der Waals surface area contributed by atoms with Crippen molar-refractivity contribution in [1.29, 1.82) is 0 Å². The lowest BCUT2D eigenvalue weighted by Crippen LogP contribution is -1.83. The fourth-order valence-corrected chi connectivity index (χ4v) is 1.09. The van der Waals surface area contributed by atoms with Crippen LogP contribution in [0, 0.1) is 6.92 Å². The SMILES string of the molecule is C=C(C)c1cc(O)cc(C)c1O. The van der Waals surface area contributed by atoms with Crippen LogP contribution in [0.5, 0.6) is 11.5 Å². The Labute approximate surface area is 71.8 Å². The molecule has 0 unspecified atom stereocenters. The van der Waals surface area contributed by atoms with Crippen molar-refractivity contribution in [2.45, 2.75) is 13.8 Å². The fourth-order valence-electron chi connectivity index (χ4n) is 1.09. The Hall–Kier alpha value is -1.44. The molecule has 0 saturated carbocycles. The smallest absolute Gasteiger partial charge is 0.126 e. The number of hydrogen-bond acceptors (Lipinski definition) is 2. The Bertz CT molecular complexity index is 327. The second-order valence-corrected chi connectivity index (χ2v) is 2.94. The summed E-state index contributed by atoms with van der Waals surface area (Å²) < 4.78 is 0.